The van der Waals surface area contributed by atoms with Gasteiger partial charge in [-0.15, -0.1) is 0 Å². The van der Waals surface area contributed by atoms with Gasteiger partial charge in [0.1, 0.15) is 5.75 Å². The van der Waals surface area contributed by atoms with Crippen LogP contribution in [0.3, 0.4) is 0 Å². The molecule has 7 nitrogen and oxygen atoms in total. The van der Waals surface area contributed by atoms with Crippen molar-refractivity contribution in [3.63, 3.8) is 0 Å². The summed E-state index contributed by atoms with van der Waals surface area (Å²) in [5, 5.41) is 10.2. The van der Waals surface area contributed by atoms with Gasteiger partial charge in [0.2, 0.25) is 5.91 Å². The number of benzene rings is 2. The first kappa shape index (κ1) is 21.2. The van der Waals surface area contributed by atoms with E-state index < -0.39 is 0 Å². The third-order valence-corrected chi connectivity index (χ3v) is 6.64. The summed E-state index contributed by atoms with van der Waals surface area (Å²) in [6.07, 6.45) is 3.55. The number of fused-ring (bicyclic) bond motifs is 3. The number of aliphatic hydroxyl groups excluding tert-OH is 1. The first-order valence-corrected chi connectivity index (χ1v) is 11.0. The number of hydrogen-bond acceptors (Lipinski definition) is 5. The predicted molar refractivity (Wildman–Crippen MR) is 123 cm³/mol. The van der Waals surface area contributed by atoms with E-state index in [1.807, 2.05) is 42.5 Å². The van der Waals surface area contributed by atoms with E-state index in [1.54, 1.807) is 47.5 Å². The fourth-order valence-electron chi connectivity index (χ4n) is 5.16. The Kier molecular flexibility index (Phi) is 5.56. The highest BCUT2D eigenvalue weighted by atomic mass is 16.5. The van der Waals surface area contributed by atoms with E-state index in [-0.39, 0.29) is 42.8 Å². The van der Waals surface area contributed by atoms with Crippen LogP contribution < -0.4 is 9.64 Å². The minimum Gasteiger partial charge on any atom is -0.496 e. The molecule has 0 spiro atoms. The number of ether oxygens (including phenoxy) is 1. The lowest BCUT2D eigenvalue weighted by molar-refractivity contribution is -0.149. The lowest BCUT2D eigenvalue weighted by Gasteiger charge is -2.59. The lowest BCUT2D eigenvalue weighted by atomic mass is 9.71. The van der Waals surface area contributed by atoms with Crippen LogP contribution in [-0.4, -0.2) is 59.1 Å². The second-order valence-corrected chi connectivity index (χ2v) is 8.36. The van der Waals surface area contributed by atoms with Crippen LogP contribution in [0.2, 0.25) is 0 Å². The second kappa shape index (κ2) is 8.67. The number of carbonyl (C=O) groups excluding carboxylic acids is 2. The number of carbonyl (C=O) groups is 2. The van der Waals surface area contributed by atoms with E-state index in [2.05, 4.69) is 4.98 Å². The highest BCUT2D eigenvalue weighted by Gasteiger charge is 2.55. The van der Waals surface area contributed by atoms with E-state index in [0.29, 0.717) is 17.9 Å². The number of pyridine rings is 1. The van der Waals surface area contributed by atoms with Crippen molar-refractivity contribution in [2.24, 2.45) is 0 Å². The van der Waals surface area contributed by atoms with E-state index >= 15 is 0 Å². The zero-order chi connectivity index (χ0) is 22.9. The molecule has 3 atom stereocenters. The Bertz CT molecular complexity index is 1180. The lowest BCUT2D eigenvalue weighted by Crippen LogP contribution is -2.71. The zero-order valence-electron chi connectivity index (χ0n) is 18.3. The summed E-state index contributed by atoms with van der Waals surface area (Å²) in [6, 6.07) is 18.0. The molecule has 5 rings (SSSR count). The molecule has 1 N–H and O–H groups in total. The van der Waals surface area contributed by atoms with Crippen molar-refractivity contribution in [1.29, 1.82) is 0 Å². The van der Waals surface area contributed by atoms with Crippen molar-refractivity contribution >= 4 is 17.5 Å². The van der Waals surface area contributed by atoms with Gasteiger partial charge in [-0.1, -0.05) is 36.4 Å². The summed E-state index contributed by atoms with van der Waals surface area (Å²) < 4.78 is 5.42. The minimum atomic E-state index is -0.316. The number of rotatable bonds is 5. The summed E-state index contributed by atoms with van der Waals surface area (Å²) in [7, 11) is 1.54. The van der Waals surface area contributed by atoms with Gasteiger partial charge in [-0.05, 0) is 35.4 Å². The van der Waals surface area contributed by atoms with Gasteiger partial charge in [-0.2, -0.15) is 0 Å². The maximum absolute atomic E-state index is 13.6. The van der Waals surface area contributed by atoms with E-state index in [9.17, 15) is 14.7 Å². The summed E-state index contributed by atoms with van der Waals surface area (Å²) >= 11 is 0. The van der Waals surface area contributed by atoms with Crippen LogP contribution in [0.15, 0.2) is 73.1 Å². The van der Waals surface area contributed by atoms with Crippen molar-refractivity contribution < 1.29 is 19.4 Å². The summed E-state index contributed by atoms with van der Waals surface area (Å²) in [4.78, 5) is 34.4. The zero-order valence-corrected chi connectivity index (χ0v) is 18.3. The normalized spacial score (nSPS) is 21.0. The highest BCUT2D eigenvalue weighted by molar-refractivity contribution is 6.09. The fourth-order valence-corrected chi connectivity index (χ4v) is 5.16. The SMILES string of the molecule is COc1ccccc1C(=O)N1C[C@H]2[C@@H](c3ccccc31)[C@H](CO)N2C(=O)Cc1cccnc1. The number of amides is 2. The molecule has 3 aromatic rings. The van der Waals surface area contributed by atoms with Crippen LogP contribution in [0.4, 0.5) is 5.69 Å². The summed E-state index contributed by atoms with van der Waals surface area (Å²) in [5.74, 6) is 0.233. The molecule has 0 unspecified atom stereocenters. The minimum absolute atomic E-state index is 0.0224. The average Bonchev–Trinajstić information content (AvgIpc) is 2.84. The molecule has 1 aromatic heterocycles. The van der Waals surface area contributed by atoms with Crippen LogP contribution in [0.25, 0.3) is 0 Å². The van der Waals surface area contributed by atoms with Gasteiger partial charge in [0.05, 0.1) is 37.8 Å². The Hall–Kier alpha value is -3.71. The first-order chi connectivity index (χ1) is 16.1. The molecule has 2 aliphatic rings. The van der Waals surface area contributed by atoms with Crippen molar-refractivity contribution in [3.8, 4) is 5.75 Å². The molecule has 33 heavy (non-hydrogen) atoms. The molecule has 2 aromatic carbocycles. The van der Waals surface area contributed by atoms with Crippen molar-refractivity contribution in [2.45, 2.75) is 24.4 Å². The largest absolute Gasteiger partial charge is 0.496 e. The quantitative estimate of drug-likeness (QED) is 0.656. The molecule has 0 saturated carbocycles. The molecule has 3 heterocycles. The maximum Gasteiger partial charge on any atom is 0.262 e. The Labute approximate surface area is 192 Å². The van der Waals surface area contributed by atoms with Crippen LogP contribution in [-0.2, 0) is 11.2 Å². The van der Waals surface area contributed by atoms with Gasteiger partial charge in [0, 0.05) is 30.5 Å². The number of aliphatic hydroxyl groups is 1. The fraction of sp³-hybridized carbons (Fsp3) is 0.269. The van der Waals surface area contributed by atoms with Crippen LogP contribution in [0.1, 0.15) is 27.4 Å². The van der Waals surface area contributed by atoms with Crippen LogP contribution >= 0.6 is 0 Å². The molecule has 0 aliphatic carbocycles. The van der Waals surface area contributed by atoms with Gasteiger partial charge in [-0.3, -0.25) is 14.6 Å². The summed E-state index contributed by atoms with van der Waals surface area (Å²) in [5.41, 5.74) is 3.08. The number of likely N-dealkylation sites (tertiary alicyclic amines) is 1. The van der Waals surface area contributed by atoms with Crippen molar-refractivity contribution in [1.82, 2.24) is 9.88 Å². The van der Waals surface area contributed by atoms with Gasteiger partial charge >= 0.3 is 0 Å². The number of methoxy groups -OCH3 is 1. The Balaban J connectivity index is 1.49. The standard InChI is InChI=1S/C26H25N3O4/c1-33-23-11-5-3-9-19(23)26(32)28-15-21-25(18-8-2-4-10-20(18)28)22(16-30)29(21)24(31)13-17-7-6-12-27-14-17/h2-12,14,21-22,25,30H,13,15-16H2,1H3/t21-,22-,25+/m0/s1. The van der Waals surface area contributed by atoms with Gasteiger partial charge in [0.15, 0.2) is 0 Å². The third kappa shape index (κ3) is 3.54. The molecular weight excluding hydrogens is 418 g/mol. The number of anilines is 1. The molecule has 7 heteroatoms. The molecular formula is C26H25N3O4. The number of para-hydroxylation sites is 2. The molecule has 0 bridgehead atoms. The van der Waals surface area contributed by atoms with Crippen molar-refractivity contribution in [3.05, 3.63) is 89.7 Å². The molecule has 2 aliphatic heterocycles. The van der Waals surface area contributed by atoms with E-state index in [4.69, 9.17) is 4.74 Å². The highest BCUT2D eigenvalue weighted by Crippen LogP contribution is 2.48. The molecule has 168 valence electrons. The number of aromatic nitrogens is 1. The maximum atomic E-state index is 13.6. The Morgan fingerprint density at radius 3 is 2.64 bits per heavy atom. The van der Waals surface area contributed by atoms with E-state index in [1.165, 1.54) is 0 Å². The molecule has 1 saturated heterocycles. The number of nitrogens with zero attached hydrogens (tertiary/aromatic N) is 3. The Morgan fingerprint density at radius 2 is 1.88 bits per heavy atom. The molecule has 0 radical (unpaired) electrons. The van der Waals surface area contributed by atoms with Gasteiger partial charge in [-0.25, -0.2) is 0 Å². The summed E-state index contributed by atoms with van der Waals surface area (Å²) in [6.45, 7) is 0.225. The molecule has 1 fully saturated rings. The second-order valence-electron chi connectivity index (χ2n) is 8.36. The van der Waals surface area contributed by atoms with Crippen molar-refractivity contribution in [2.75, 3.05) is 25.2 Å². The average molecular weight is 444 g/mol. The monoisotopic (exact) mass is 443 g/mol. The smallest absolute Gasteiger partial charge is 0.262 e. The number of hydrogen-bond donors (Lipinski definition) is 1. The topological polar surface area (TPSA) is 83.0 Å². The molecule has 2 amide bonds. The Morgan fingerprint density at radius 1 is 1.09 bits per heavy atom. The van der Waals surface area contributed by atoms with Gasteiger partial charge < -0.3 is 19.6 Å². The van der Waals surface area contributed by atoms with E-state index in [0.717, 1.165) is 16.8 Å². The first-order valence-electron chi connectivity index (χ1n) is 11.0. The van der Waals surface area contributed by atoms with Crippen LogP contribution in [0, 0.1) is 0 Å². The third-order valence-electron chi connectivity index (χ3n) is 6.64. The van der Waals surface area contributed by atoms with Crippen LogP contribution in [0.5, 0.6) is 5.75 Å². The van der Waals surface area contributed by atoms with Gasteiger partial charge in [0.25, 0.3) is 5.91 Å². The predicted octanol–water partition coefficient (Wildman–Crippen LogP) is 2.65.